The third-order valence-corrected chi connectivity index (χ3v) is 3.65. The van der Waals surface area contributed by atoms with Gasteiger partial charge in [0.25, 0.3) is 0 Å². The number of nitrogens with one attached hydrogen (secondary N) is 1. The third-order valence-electron chi connectivity index (χ3n) is 3.65. The van der Waals surface area contributed by atoms with E-state index in [1.807, 2.05) is 12.1 Å². The Morgan fingerprint density at radius 3 is 2.20 bits per heavy atom. The molecule has 106 valence electrons. The minimum Gasteiger partial charge on any atom is -0.508 e. The molecule has 0 saturated carbocycles. The van der Waals surface area contributed by atoms with E-state index in [2.05, 4.69) is 56.4 Å². The topological polar surface area (TPSA) is 32.3 Å². The van der Waals surface area contributed by atoms with Gasteiger partial charge < -0.3 is 10.4 Å². The first-order chi connectivity index (χ1) is 9.47. The normalized spacial score (nSPS) is 12.9. The zero-order chi connectivity index (χ0) is 14.6. The summed E-state index contributed by atoms with van der Waals surface area (Å²) in [5.41, 5.74) is 2.53. The predicted molar refractivity (Wildman–Crippen MR) is 85.3 cm³/mol. The SMILES string of the molecule is CC(CC(C)(C)c1ccccc1)Nc1ccc(O)cc1. The highest BCUT2D eigenvalue weighted by Gasteiger charge is 2.23. The molecule has 2 N–H and O–H groups in total. The van der Waals surface area contributed by atoms with Crippen molar-refractivity contribution in [3.05, 3.63) is 60.2 Å². The van der Waals surface area contributed by atoms with Crippen molar-refractivity contribution in [2.45, 2.75) is 38.6 Å². The van der Waals surface area contributed by atoms with Gasteiger partial charge in [0.15, 0.2) is 0 Å². The molecule has 2 aromatic rings. The van der Waals surface area contributed by atoms with E-state index in [4.69, 9.17) is 0 Å². The fourth-order valence-corrected chi connectivity index (χ4v) is 2.67. The molecule has 1 atom stereocenters. The van der Waals surface area contributed by atoms with E-state index >= 15 is 0 Å². The number of phenols is 1. The van der Waals surface area contributed by atoms with Crippen molar-refractivity contribution in [1.82, 2.24) is 0 Å². The molecule has 0 spiro atoms. The van der Waals surface area contributed by atoms with Gasteiger partial charge in [0, 0.05) is 11.7 Å². The largest absolute Gasteiger partial charge is 0.508 e. The van der Waals surface area contributed by atoms with Crippen LogP contribution in [0.25, 0.3) is 0 Å². The molecule has 2 aromatic carbocycles. The minimum absolute atomic E-state index is 0.130. The fourth-order valence-electron chi connectivity index (χ4n) is 2.67. The second-order valence-electron chi connectivity index (χ2n) is 6.05. The number of hydrogen-bond acceptors (Lipinski definition) is 2. The molecule has 0 saturated heterocycles. The fraction of sp³-hybridized carbons (Fsp3) is 0.333. The first-order valence-electron chi connectivity index (χ1n) is 7.08. The van der Waals surface area contributed by atoms with E-state index in [0.717, 1.165) is 12.1 Å². The van der Waals surface area contributed by atoms with Crippen molar-refractivity contribution in [3.63, 3.8) is 0 Å². The van der Waals surface area contributed by atoms with Crippen LogP contribution in [0, 0.1) is 0 Å². The first kappa shape index (κ1) is 14.4. The second-order valence-corrected chi connectivity index (χ2v) is 6.05. The van der Waals surface area contributed by atoms with Gasteiger partial charge in [0.1, 0.15) is 5.75 Å². The molecule has 2 rings (SSSR count). The smallest absolute Gasteiger partial charge is 0.115 e. The Morgan fingerprint density at radius 1 is 1.00 bits per heavy atom. The van der Waals surface area contributed by atoms with Crippen molar-refractivity contribution in [3.8, 4) is 5.75 Å². The van der Waals surface area contributed by atoms with Crippen molar-refractivity contribution in [2.75, 3.05) is 5.32 Å². The van der Waals surface area contributed by atoms with Crippen LogP contribution < -0.4 is 5.32 Å². The van der Waals surface area contributed by atoms with E-state index in [1.54, 1.807) is 12.1 Å². The van der Waals surface area contributed by atoms with Crippen LogP contribution in [0.15, 0.2) is 54.6 Å². The molecule has 0 aliphatic heterocycles. The highest BCUT2D eigenvalue weighted by molar-refractivity contribution is 5.46. The maximum Gasteiger partial charge on any atom is 0.115 e. The second kappa shape index (κ2) is 6.00. The van der Waals surface area contributed by atoms with Crippen molar-refractivity contribution < 1.29 is 5.11 Å². The Bertz CT molecular complexity index is 531. The molecule has 0 aromatic heterocycles. The summed E-state index contributed by atoms with van der Waals surface area (Å²) in [5, 5.41) is 12.8. The molecular formula is C18H23NO. The Balaban J connectivity index is 2.00. The van der Waals surface area contributed by atoms with Gasteiger partial charge in [0.2, 0.25) is 0 Å². The Hall–Kier alpha value is -1.96. The lowest BCUT2D eigenvalue weighted by molar-refractivity contribution is 0.450. The lowest BCUT2D eigenvalue weighted by Gasteiger charge is -2.29. The zero-order valence-electron chi connectivity index (χ0n) is 12.4. The standard InChI is InChI=1S/C18H23NO/c1-14(19-16-9-11-17(20)12-10-16)13-18(2,3)15-7-5-4-6-8-15/h4-12,14,19-20H,13H2,1-3H3. The number of phenolic OH excluding ortho intramolecular Hbond substituents is 1. The molecular weight excluding hydrogens is 246 g/mol. The van der Waals surface area contributed by atoms with E-state index in [0.29, 0.717) is 11.8 Å². The van der Waals surface area contributed by atoms with Crippen LogP contribution in [-0.4, -0.2) is 11.1 Å². The molecule has 20 heavy (non-hydrogen) atoms. The molecule has 0 radical (unpaired) electrons. The summed E-state index contributed by atoms with van der Waals surface area (Å²) in [6.07, 6.45) is 1.04. The molecule has 0 aliphatic rings. The van der Waals surface area contributed by atoms with Gasteiger partial charge in [-0.2, -0.15) is 0 Å². The zero-order valence-corrected chi connectivity index (χ0v) is 12.4. The van der Waals surface area contributed by atoms with Gasteiger partial charge in [-0.15, -0.1) is 0 Å². The summed E-state index contributed by atoms with van der Waals surface area (Å²) < 4.78 is 0. The van der Waals surface area contributed by atoms with Crippen LogP contribution in [-0.2, 0) is 5.41 Å². The average molecular weight is 269 g/mol. The van der Waals surface area contributed by atoms with Gasteiger partial charge in [0.05, 0.1) is 0 Å². The Labute approximate surface area is 121 Å². The van der Waals surface area contributed by atoms with Crippen LogP contribution in [0.1, 0.15) is 32.8 Å². The molecule has 0 amide bonds. The maximum absolute atomic E-state index is 9.30. The number of rotatable bonds is 5. The third kappa shape index (κ3) is 3.77. The van der Waals surface area contributed by atoms with E-state index in [9.17, 15) is 5.11 Å². The van der Waals surface area contributed by atoms with Gasteiger partial charge in [-0.05, 0) is 48.6 Å². The molecule has 0 bridgehead atoms. The summed E-state index contributed by atoms with van der Waals surface area (Å²) in [4.78, 5) is 0. The van der Waals surface area contributed by atoms with Gasteiger partial charge >= 0.3 is 0 Å². The number of aromatic hydroxyl groups is 1. The lowest BCUT2D eigenvalue weighted by Crippen LogP contribution is -2.27. The quantitative estimate of drug-likeness (QED) is 0.780. The summed E-state index contributed by atoms with van der Waals surface area (Å²) in [6.45, 7) is 6.74. The van der Waals surface area contributed by atoms with Crippen LogP contribution in [0.2, 0.25) is 0 Å². The van der Waals surface area contributed by atoms with E-state index < -0.39 is 0 Å². The van der Waals surface area contributed by atoms with Crippen molar-refractivity contribution in [1.29, 1.82) is 0 Å². The average Bonchev–Trinajstić information content (AvgIpc) is 2.42. The number of anilines is 1. The van der Waals surface area contributed by atoms with E-state index in [1.165, 1.54) is 5.56 Å². The number of hydrogen-bond donors (Lipinski definition) is 2. The van der Waals surface area contributed by atoms with E-state index in [-0.39, 0.29) is 5.41 Å². The summed E-state index contributed by atoms with van der Waals surface area (Å²) in [5.74, 6) is 0.299. The van der Waals surface area contributed by atoms with Crippen LogP contribution in [0.3, 0.4) is 0 Å². The summed E-state index contributed by atoms with van der Waals surface area (Å²) in [6, 6.07) is 18.2. The lowest BCUT2D eigenvalue weighted by atomic mass is 9.79. The monoisotopic (exact) mass is 269 g/mol. The molecule has 2 heteroatoms. The highest BCUT2D eigenvalue weighted by Crippen LogP contribution is 2.29. The summed E-state index contributed by atoms with van der Waals surface area (Å²) in [7, 11) is 0. The van der Waals surface area contributed by atoms with Crippen LogP contribution >= 0.6 is 0 Å². The Morgan fingerprint density at radius 2 is 1.60 bits per heavy atom. The van der Waals surface area contributed by atoms with Gasteiger partial charge in [-0.3, -0.25) is 0 Å². The first-order valence-corrected chi connectivity index (χ1v) is 7.08. The van der Waals surface area contributed by atoms with Crippen molar-refractivity contribution >= 4 is 5.69 Å². The van der Waals surface area contributed by atoms with Gasteiger partial charge in [-0.25, -0.2) is 0 Å². The van der Waals surface area contributed by atoms with Crippen LogP contribution in [0.5, 0.6) is 5.75 Å². The van der Waals surface area contributed by atoms with Gasteiger partial charge in [-0.1, -0.05) is 44.2 Å². The maximum atomic E-state index is 9.30. The Kier molecular flexibility index (Phi) is 4.33. The van der Waals surface area contributed by atoms with Crippen LogP contribution in [0.4, 0.5) is 5.69 Å². The summed E-state index contributed by atoms with van der Waals surface area (Å²) >= 11 is 0. The van der Waals surface area contributed by atoms with Crippen molar-refractivity contribution in [2.24, 2.45) is 0 Å². The molecule has 1 unspecified atom stereocenters. The molecule has 2 nitrogen and oxygen atoms in total. The molecule has 0 fully saturated rings. The predicted octanol–water partition coefficient (Wildman–Crippen LogP) is 4.56. The molecule has 0 heterocycles. The highest BCUT2D eigenvalue weighted by atomic mass is 16.3. The molecule has 0 aliphatic carbocycles. The minimum atomic E-state index is 0.130. The number of benzene rings is 2.